The molecule has 32 heavy (non-hydrogen) atoms. The fraction of sp³-hybridized carbons (Fsp3) is 0.480. The van der Waals surface area contributed by atoms with Crippen LogP contribution in [0.3, 0.4) is 0 Å². The van der Waals surface area contributed by atoms with Gasteiger partial charge in [-0.25, -0.2) is 9.98 Å². The van der Waals surface area contributed by atoms with Gasteiger partial charge < -0.3 is 15.2 Å². The largest absolute Gasteiger partial charge is 0.481 e. The van der Waals surface area contributed by atoms with E-state index in [4.69, 9.17) is 15.2 Å². The maximum absolute atomic E-state index is 13.5. The summed E-state index contributed by atoms with van der Waals surface area (Å²) in [6.45, 7) is 13.2. The van der Waals surface area contributed by atoms with Crippen LogP contribution < -0.4 is 10.5 Å². The lowest BCUT2D eigenvalue weighted by Gasteiger charge is -2.38. The fourth-order valence-electron chi connectivity index (χ4n) is 3.38. The SMILES string of the molecule is C=C(N)/N=C1\C(=C(C)C)C=C(c2ccc(OC)nc2)C(=O)N1C1CCCOC1.CCCC. The summed E-state index contributed by atoms with van der Waals surface area (Å²) in [6, 6.07) is 3.46. The molecule has 0 aromatic carbocycles. The highest BCUT2D eigenvalue weighted by Gasteiger charge is 2.37. The van der Waals surface area contributed by atoms with Gasteiger partial charge in [-0.2, -0.15) is 0 Å². The van der Waals surface area contributed by atoms with Gasteiger partial charge in [0.25, 0.3) is 5.91 Å². The fourth-order valence-corrected chi connectivity index (χ4v) is 3.38. The third-order valence-corrected chi connectivity index (χ3v) is 5.25. The number of allylic oxidation sites excluding steroid dienone is 1. The average molecular weight is 441 g/mol. The van der Waals surface area contributed by atoms with Crippen molar-refractivity contribution in [2.45, 2.75) is 59.4 Å². The van der Waals surface area contributed by atoms with Gasteiger partial charge in [0.15, 0.2) is 0 Å². The van der Waals surface area contributed by atoms with Gasteiger partial charge in [0, 0.05) is 35.6 Å². The lowest BCUT2D eigenvalue weighted by Crippen LogP contribution is -2.51. The van der Waals surface area contributed by atoms with Crippen LogP contribution in [0.5, 0.6) is 5.88 Å². The summed E-state index contributed by atoms with van der Waals surface area (Å²) >= 11 is 0. The molecule has 1 aromatic rings. The molecule has 1 aromatic heterocycles. The van der Waals surface area contributed by atoms with Gasteiger partial charge >= 0.3 is 0 Å². The molecule has 174 valence electrons. The molecule has 0 aliphatic carbocycles. The van der Waals surface area contributed by atoms with Crippen molar-refractivity contribution in [1.29, 1.82) is 0 Å². The topological polar surface area (TPSA) is 90.0 Å². The molecule has 7 nitrogen and oxygen atoms in total. The van der Waals surface area contributed by atoms with Crippen molar-refractivity contribution in [3.63, 3.8) is 0 Å². The summed E-state index contributed by atoms with van der Waals surface area (Å²) in [7, 11) is 1.56. The van der Waals surface area contributed by atoms with Crippen LogP contribution in [0.1, 0.15) is 58.9 Å². The van der Waals surface area contributed by atoms with Crippen LogP contribution in [-0.2, 0) is 9.53 Å². The first-order valence-electron chi connectivity index (χ1n) is 11.2. The van der Waals surface area contributed by atoms with E-state index in [1.165, 1.54) is 12.8 Å². The minimum atomic E-state index is -0.146. The van der Waals surface area contributed by atoms with Gasteiger partial charge in [-0.05, 0) is 38.8 Å². The van der Waals surface area contributed by atoms with Crippen LogP contribution >= 0.6 is 0 Å². The molecular weight excluding hydrogens is 404 g/mol. The van der Waals surface area contributed by atoms with E-state index in [0.717, 1.165) is 29.6 Å². The van der Waals surface area contributed by atoms with Gasteiger partial charge in [-0.1, -0.05) is 38.8 Å². The third-order valence-electron chi connectivity index (χ3n) is 5.25. The number of ether oxygens (including phenoxy) is 2. The van der Waals surface area contributed by atoms with Gasteiger partial charge in [-0.15, -0.1) is 0 Å². The highest BCUT2D eigenvalue weighted by Crippen LogP contribution is 2.31. The Balaban J connectivity index is 0.000000837. The Morgan fingerprint density at radius 1 is 1.34 bits per heavy atom. The third kappa shape index (κ3) is 6.29. The van der Waals surface area contributed by atoms with Crippen LogP contribution in [0.4, 0.5) is 0 Å². The van der Waals surface area contributed by atoms with E-state index in [1.54, 1.807) is 24.3 Å². The molecule has 2 aliphatic heterocycles. The molecule has 1 fully saturated rings. The number of nitrogens with zero attached hydrogens (tertiary/aromatic N) is 3. The molecule has 0 saturated carbocycles. The number of amidine groups is 1. The van der Waals surface area contributed by atoms with Crippen LogP contribution in [0.15, 0.2) is 52.9 Å². The molecule has 1 amide bonds. The first kappa shape index (κ1) is 25.3. The number of pyridine rings is 1. The van der Waals surface area contributed by atoms with Crippen molar-refractivity contribution in [2.24, 2.45) is 10.7 Å². The van der Waals surface area contributed by atoms with E-state index >= 15 is 0 Å². The van der Waals surface area contributed by atoms with Crippen molar-refractivity contribution in [3.05, 3.63) is 53.5 Å². The van der Waals surface area contributed by atoms with Gasteiger partial charge in [0.2, 0.25) is 5.88 Å². The average Bonchev–Trinajstić information content (AvgIpc) is 2.79. The van der Waals surface area contributed by atoms with Crippen molar-refractivity contribution < 1.29 is 14.3 Å². The van der Waals surface area contributed by atoms with Crippen molar-refractivity contribution in [3.8, 4) is 5.88 Å². The Hall–Kier alpha value is -2.93. The maximum Gasteiger partial charge on any atom is 0.260 e. The number of methoxy groups -OCH3 is 1. The number of unbranched alkanes of at least 4 members (excludes halogenated alkanes) is 1. The Labute approximate surface area is 191 Å². The maximum atomic E-state index is 13.5. The number of carbonyl (C=O) groups excluding carboxylic acids is 1. The summed E-state index contributed by atoms with van der Waals surface area (Å²) in [5, 5.41) is 0. The number of aromatic nitrogens is 1. The highest BCUT2D eigenvalue weighted by atomic mass is 16.5. The number of aliphatic imine (C=N–C) groups is 1. The number of hydrogen-bond acceptors (Lipinski definition) is 6. The van der Waals surface area contributed by atoms with Crippen LogP contribution in [0.25, 0.3) is 5.57 Å². The molecule has 1 atom stereocenters. The zero-order valence-corrected chi connectivity index (χ0v) is 20.0. The van der Waals surface area contributed by atoms with Gasteiger partial charge in [0.05, 0.1) is 19.8 Å². The lowest BCUT2D eigenvalue weighted by atomic mass is 9.93. The van der Waals surface area contributed by atoms with Gasteiger partial charge in [0.1, 0.15) is 11.7 Å². The molecule has 2 aliphatic rings. The predicted octanol–water partition coefficient (Wildman–Crippen LogP) is 4.47. The molecule has 3 rings (SSSR count). The molecule has 2 N–H and O–H groups in total. The quantitative estimate of drug-likeness (QED) is 0.730. The molecule has 0 radical (unpaired) electrons. The number of nitrogens with two attached hydrogens (primary N) is 1. The zero-order valence-electron chi connectivity index (χ0n) is 20.0. The van der Waals surface area contributed by atoms with E-state index in [2.05, 4.69) is 30.4 Å². The number of amides is 1. The molecular formula is C25H36N4O3. The van der Waals surface area contributed by atoms with E-state index in [-0.39, 0.29) is 17.8 Å². The molecule has 1 saturated heterocycles. The minimum Gasteiger partial charge on any atom is -0.481 e. The summed E-state index contributed by atoms with van der Waals surface area (Å²) in [6.07, 6.45) is 7.86. The van der Waals surface area contributed by atoms with E-state index < -0.39 is 0 Å². The predicted molar refractivity (Wildman–Crippen MR) is 129 cm³/mol. The Morgan fingerprint density at radius 2 is 2.06 bits per heavy atom. The zero-order chi connectivity index (χ0) is 23.7. The second-order valence-corrected chi connectivity index (χ2v) is 8.03. The number of carbonyl (C=O) groups is 1. The van der Waals surface area contributed by atoms with Crippen LogP contribution in [0, 0.1) is 0 Å². The molecule has 0 bridgehead atoms. The lowest BCUT2D eigenvalue weighted by molar-refractivity contribution is -0.125. The van der Waals surface area contributed by atoms with Gasteiger partial charge in [-0.3, -0.25) is 9.69 Å². The van der Waals surface area contributed by atoms with E-state index in [9.17, 15) is 4.79 Å². The normalized spacial score (nSPS) is 19.8. The monoisotopic (exact) mass is 440 g/mol. The minimum absolute atomic E-state index is 0.108. The van der Waals surface area contributed by atoms with Crippen molar-refractivity contribution in [2.75, 3.05) is 20.3 Å². The Morgan fingerprint density at radius 3 is 2.53 bits per heavy atom. The second kappa shape index (κ2) is 12.2. The standard InChI is InChI=1S/C21H26N4O3.C4H10/c1-13(2)17-10-18(15-7-8-19(27-4)23-11-15)21(26)25(20(17)24-14(3)22)16-6-5-9-28-12-16;1-3-4-2/h7-8,10-11,16H,3,5-6,9,12,22H2,1-2,4H3;3-4H2,1-2H3/b24-20+;. The van der Waals surface area contributed by atoms with E-state index in [1.807, 2.05) is 26.0 Å². The van der Waals surface area contributed by atoms with Crippen molar-refractivity contribution in [1.82, 2.24) is 9.88 Å². The van der Waals surface area contributed by atoms with Crippen molar-refractivity contribution >= 4 is 17.3 Å². The first-order chi connectivity index (χ1) is 15.3. The smallest absolute Gasteiger partial charge is 0.260 e. The highest BCUT2D eigenvalue weighted by molar-refractivity contribution is 6.31. The molecule has 3 heterocycles. The summed E-state index contributed by atoms with van der Waals surface area (Å²) in [4.78, 5) is 23.9. The Kier molecular flexibility index (Phi) is 9.65. The summed E-state index contributed by atoms with van der Waals surface area (Å²) < 4.78 is 10.8. The van der Waals surface area contributed by atoms with Crippen LogP contribution in [0.2, 0.25) is 0 Å². The van der Waals surface area contributed by atoms with Crippen LogP contribution in [-0.4, -0.2) is 48.0 Å². The Bertz CT molecular complexity index is 888. The molecule has 7 heteroatoms. The summed E-state index contributed by atoms with van der Waals surface area (Å²) in [5.74, 6) is 1.03. The summed E-state index contributed by atoms with van der Waals surface area (Å²) in [5.41, 5.74) is 8.93. The first-order valence-corrected chi connectivity index (χ1v) is 11.2. The second-order valence-electron chi connectivity index (χ2n) is 8.03. The molecule has 0 spiro atoms. The number of hydrogen-bond donors (Lipinski definition) is 1. The number of rotatable bonds is 5. The van der Waals surface area contributed by atoms with E-state index in [0.29, 0.717) is 30.5 Å². The molecule has 1 unspecified atom stereocenters.